The van der Waals surface area contributed by atoms with Crippen molar-refractivity contribution in [2.45, 2.75) is 18.9 Å². The zero-order chi connectivity index (χ0) is 8.27. The third-order valence-electron chi connectivity index (χ3n) is 1.80. The Morgan fingerprint density at radius 2 is 2.27 bits per heavy atom. The van der Waals surface area contributed by atoms with Gasteiger partial charge in [0.15, 0.2) is 10.7 Å². The van der Waals surface area contributed by atoms with Crippen LogP contribution in [0.2, 0.25) is 0 Å². The van der Waals surface area contributed by atoms with Crippen molar-refractivity contribution in [3.63, 3.8) is 0 Å². The van der Waals surface area contributed by atoms with E-state index in [4.69, 9.17) is 5.11 Å². The van der Waals surface area contributed by atoms with Crippen LogP contribution in [0, 0.1) is 0 Å². The fourth-order valence-electron chi connectivity index (χ4n) is 1.32. The minimum atomic E-state index is -2.33. The van der Waals surface area contributed by atoms with Gasteiger partial charge < -0.3 is 5.11 Å². The number of hydrogen-bond acceptors (Lipinski definition) is 4. The lowest BCUT2D eigenvalue weighted by molar-refractivity contribution is 0.0807. The first-order chi connectivity index (χ1) is 5.18. The molecule has 66 valence electrons. The lowest BCUT2D eigenvalue weighted by atomic mass is 10.1. The Morgan fingerprint density at radius 1 is 1.55 bits per heavy atom. The maximum atomic E-state index is 10.3. The zero-order valence-corrected chi connectivity index (χ0v) is 7.17. The van der Waals surface area contributed by atoms with Crippen LogP contribution < -0.4 is 0 Å². The largest absolute Gasteiger partial charge is 0.392 e. The third kappa shape index (κ3) is 3.18. The van der Waals surface area contributed by atoms with Crippen molar-refractivity contribution in [1.29, 1.82) is 0 Å². The summed E-state index contributed by atoms with van der Waals surface area (Å²) >= 11 is 0. The van der Waals surface area contributed by atoms with Crippen molar-refractivity contribution in [3.05, 3.63) is 0 Å². The summed E-state index contributed by atoms with van der Waals surface area (Å²) in [5.41, 5.74) is 0. The maximum absolute atomic E-state index is 10.3. The molecule has 0 aromatic rings. The van der Waals surface area contributed by atoms with Gasteiger partial charge in [0.05, 0.1) is 12.0 Å². The maximum Gasteiger partial charge on any atom is 0.153 e. The number of β-amino-alcohol motifs (C(OH)–C–C–N with tert-alkyl or cyclic N) is 1. The molecular weight excluding hydrogens is 166 g/mol. The predicted molar refractivity (Wildman–Crippen MR) is 42.0 cm³/mol. The Hall–Kier alpha value is -0.130. The smallest absolute Gasteiger partial charge is 0.153 e. The molecule has 1 aliphatic rings. The number of thiol groups is 1. The topological polar surface area (TPSA) is 57.6 Å². The number of rotatable bonds is 2. The molecule has 0 aromatic heterocycles. The van der Waals surface area contributed by atoms with Crippen molar-refractivity contribution >= 4 is 10.7 Å². The average Bonchev–Trinajstić information content (AvgIpc) is 1.85. The van der Waals surface area contributed by atoms with Crippen LogP contribution >= 0.6 is 0 Å². The van der Waals surface area contributed by atoms with Gasteiger partial charge in [-0.15, -0.1) is 0 Å². The summed E-state index contributed by atoms with van der Waals surface area (Å²) in [6, 6.07) is 0. The summed E-state index contributed by atoms with van der Waals surface area (Å²) in [6.07, 6.45) is 1.36. The second-order valence-electron chi connectivity index (χ2n) is 2.85. The molecule has 4 nitrogen and oxygen atoms in total. The molecule has 0 saturated carbocycles. The zero-order valence-electron chi connectivity index (χ0n) is 6.27. The highest BCUT2D eigenvalue weighted by Crippen LogP contribution is 2.08. The minimum Gasteiger partial charge on any atom is -0.392 e. The van der Waals surface area contributed by atoms with Crippen molar-refractivity contribution in [2.24, 2.45) is 0 Å². The lowest BCUT2D eigenvalue weighted by Gasteiger charge is -2.27. The molecule has 1 unspecified atom stereocenters. The molecule has 1 rings (SSSR count). The van der Waals surface area contributed by atoms with Crippen LogP contribution in [0.4, 0.5) is 0 Å². The van der Waals surface area contributed by atoms with Crippen LogP contribution in [0.15, 0.2) is 0 Å². The second-order valence-corrected chi connectivity index (χ2v) is 3.80. The van der Waals surface area contributed by atoms with Crippen LogP contribution in [-0.2, 0) is 10.7 Å². The van der Waals surface area contributed by atoms with E-state index in [2.05, 4.69) is 0 Å². The van der Waals surface area contributed by atoms with Gasteiger partial charge in [0, 0.05) is 6.54 Å². The van der Waals surface area contributed by atoms with E-state index < -0.39 is 10.7 Å². The highest BCUT2D eigenvalue weighted by molar-refractivity contribution is 7.72. The van der Waals surface area contributed by atoms with E-state index in [0.29, 0.717) is 6.54 Å². The average molecular weight is 179 g/mol. The van der Waals surface area contributed by atoms with Gasteiger partial charge in [0.2, 0.25) is 0 Å². The second kappa shape index (κ2) is 4.04. The van der Waals surface area contributed by atoms with E-state index in [1.54, 1.807) is 4.90 Å². The molecule has 1 aliphatic heterocycles. The molecule has 1 heterocycles. The summed E-state index contributed by atoms with van der Waals surface area (Å²) in [4.78, 5) is 1.76. The molecule has 0 bridgehead atoms. The molecule has 0 radical (unpaired) electrons. The summed E-state index contributed by atoms with van der Waals surface area (Å²) in [5, 5.41) is 9.15. The number of aliphatic hydroxyl groups excluding tert-OH is 1. The van der Waals surface area contributed by atoms with Crippen molar-refractivity contribution in [2.75, 3.05) is 19.0 Å². The minimum absolute atomic E-state index is 0.0897. The molecule has 11 heavy (non-hydrogen) atoms. The fraction of sp³-hybridized carbons (Fsp3) is 1.00. The molecule has 0 spiro atoms. The van der Waals surface area contributed by atoms with Gasteiger partial charge in [-0.25, -0.2) is 8.42 Å². The number of nitrogens with zero attached hydrogens (tertiary/aromatic N) is 1. The van der Waals surface area contributed by atoms with Gasteiger partial charge in [0.25, 0.3) is 0 Å². The molecule has 1 atom stereocenters. The SMILES string of the molecule is O=[SH](=O)CN1CCCC(O)C1. The summed E-state index contributed by atoms with van der Waals surface area (Å²) < 4.78 is 20.6. The van der Waals surface area contributed by atoms with Crippen molar-refractivity contribution < 1.29 is 13.5 Å². The normalized spacial score (nSPS) is 27.6. The molecule has 0 amide bonds. The number of piperidine rings is 1. The standard InChI is InChI=1S/C6H13NO3S/c8-6-2-1-3-7(4-6)5-11(9)10/h6,8,11H,1-5H2. The summed E-state index contributed by atoms with van der Waals surface area (Å²) in [5.74, 6) is 0.0897. The molecule has 1 fully saturated rings. The van der Waals surface area contributed by atoms with E-state index in [0.717, 1.165) is 19.4 Å². The number of likely N-dealkylation sites (tertiary alicyclic amines) is 1. The van der Waals surface area contributed by atoms with E-state index in [1.807, 2.05) is 0 Å². The lowest BCUT2D eigenvalue weighted by Crippen LogP contribution is -2.39. The first-order valence-electron chi connectivity index (χ1n) is 3.70. The highest BCUT2D eigenvalue weighted by atomic mass is 32.2. The van der Waals surface area contributed by atoms with Crippen LogP contribution in [0.25, 0.3) is 0 Å². The molecule has 0 aliphatic carbocycles. The Balaban J connectivity index is 2.34. The summed E-state index contributed by atoms with van der Waals surface area (Å²) in [6.45, 7) is 1.30. The highest BCUT2D eigenvalue weighted by Gasteiger charge is 2.17. The van der Waals surface area contributed by atoms with Gasteiger partial charge in [-0.05, 0) is 19.4 Å². The van der Waals surface area contributed by atoms with E-state index in [1.165, 1.54) is 0 Å². The van der Waals surface area contributed by atoms with Crippen LogP contribution in [0.3, 0.4) is 0 Å². The van der Waals surface area contributed by atoms with Crippen molar-refractivity contribution in [1.82, 2.24) is 4.90 Å². The van der Waals surface area contributed by atoms with Crippen LogP contribution in [0.5, 0.6) is 0 Å². The van der Waals surface area contributed by atoms with Crippen molar-refractivity contribution in [3.8, 4) is 0 Å². The molecular formula is C6H13NO3S. The monoisotopic (exact) mass is 179 g/mol. The third-order valence-corrected chi connectivity index (χ3v) is 2.43. The van der Waals surface area contributed by atoms with Gasteiger partial charge >= 0.3 is 0 Å². The Kier molecular flexibility index (Phi) is 3.29. The first kappa shape index (κ1) is 8.96. The quantitative estimate of drug-likeness (QED) is 0.535. The number of aliphatic hydroxyl groups is 1. The van der Waals surface area contributed by atoms with E-state index >= 15 is 0 Å². The van der Waals surface area contributed by atoms with E-state index in [-0.39, 0.29) is 12.0 Å². The molecule has 1 N–H and O–H groups in total. The van der Waals surface area contributed by atoms with Crippen LogP contribution in [0.1, 0.15) is 12.8 Å². The molecule has 5 heteroatoms. The first-order valence-corrected chi connectivity index (χ1v) is 5.07. The van der Waals surface area contributed by atoms with Gasteiger partial charge in [-0.2, -0.15) is 0 Å². The summed E-state index contributed by atoms with van der Waals surface area (Å²) in [7, 11) is -2.33. The van der Waals surface area contributed by atoms with E-state index in [9.17, 15) is 8.42 Å². The van der Waals surface area contributed by atoms with Gasteiger partial charge in [-0.3, -0.25) is 4.90 Å². The Labute approximate surface area is 67.8 Å². The van der Waals surface area contributed by atoms with Crippen LogP contribution in [-0.4, -0.2) is 43.5 Å². The predicted octanol–water partition coefficient (Wildman–Crippen LogP) is -0.988. The Morgan fingerprint density at radius 3 is 2.82 bits per heavy atom. The van der Waals surface area contributed by atoms with Gasteiger partial charge in [-0.1, -0.05) is 0 Å². The van der Waals surface area contributed by atoms with Gasteiger partial charge in [0.1, 0.15) is 0 Å². The fourth-order valence-corrected chi connectivity index (χ4v) is 1.91. The Bertz CT molecular complexity index is 184. The number of hydrogen-bond donors (Lipinski definition) is 2. The molecule has 1 saturated heterocycles. The molecule has 0 aromatic carbocycles.